The maximum atomic E-state index is 11.5. The van der Waals surface area contributed by atoms with Crippen molar-refractivity contribution >= 4 is 34.6 Å². The zero-order valence-corrected chi connectivity index (χ0v) is 23.2. The first-order valence-electron chi connectivity index (χ1n) is 13.2. The molecule has 0 saturated carbocycles. The number of methoxy groups -OCH3 is 2. The quantitative estimate of drug-likeness (QED) is 0.115. The van der Waals surface area contributed by atoms with Gasteiger partial charge in [-0.1, -0.05) is 85.0 Å². The molecule has 0 spiro atoms. The van der Waals surface area contributed by atoms with Crippen molar-refractivity contribution in [2.75, 3.05) is 14.2 Å². The van der Waals surface area contributed by atoms with E-state index in [1.807, 2.05) is 89.6 Å². The fourth-order valence-corrected chi connectivity index (χ4v) is 4.83. The van der Waals surface area contributed by atoms with Crippen molar-refractivity contribution in [1.29, 1.82) is 5.26 Å². The number of carboxylic acids is 1. The molecule has 4 aromatic carbocycles. The second-order valence-electron chi connectivity index (χ2n) is 9.42. The van der Waals surface area contributed by atoms with E-state index in [-0.39, 0.29) is 5.57 Å². The van der Waals surface area contributed by atoms with Crippen LogP contribution >= 0.6 is 0 Å². The maximum Gasteiger partial charge on any atom is 0.346 e. The van der Waals surface area contributed by atoms with Crippen molar-refractivity contribution in [3.8, 4) is 23.3 Å². The van der Waals surface area contributed by atoms with Gasteiger partial charge in [0.25, 0.3) is 0 Å². The third kappa shape index (κ3) is 5.86. The average molecular weight is 553 g/mol. The summed E-state index contributed by atoms with van der Waals surface area (Å²) in [5.74, 6) is 0.0493. The van der Waals surface area contributed by atoms with Gasteiger partial charge in [0.1, 0.15) is 23.1 Å². The number of hydrogen-bond donors (Lipinski definition) is 1. The van der Waals surface area contributed by atoms with Crippen LogP contribution in [0.3, 0.4) is 0 Å². The smallest absolute Gasteiger partial charge is 0.346 e. The molecular formula is C36H28N2O4. The number of aliphatic carboxylic acids is 1. The first-order chi connectivity index (χ1) is 20.5. The van der Waals surface area contributed by atoms with Gasteiger partial charge in [-0.2, -0.15) is 5.26 Å². The molecule has 0 fully saturated rings. The molecule has 0 aliphatic heterocycles. The number of carboxylic acid groups (broad SMARTS) is 1. The fraction of sp³-hybridized carbons (Fsp3) is 0.0556. The molecule has 5 aromatic rings. The van der Waals surface area contributed by atoms with Crippen LogP contribution in [0.1, 0.15) is 22.3 Å². The van der Waals surface area contributed by atoms with Crippen LogP contribution < -0.4 is 9.47 Å². The molecule has 0 aliphatic carbocycles. The Morgan fingerprint density at radius 2 is 1.57 bits per heavy atom. The first-order valence-corrected chi connectivity index (χ1v) is 13.2. The van der Waals surface area contributed by atoms with Gasteiger partial charge >= 0.3 is 5.97 Å². The predicted octanol–water partition coefficient (Wildman–Crippen LogP) is 7.78. The lowest BCUT2D eigenvalue weighted by Gasteiger charge is -2.12. The predicted molar refractivity (Wildman–Crippen MR) is 167 cm³/mol. The lowest BCUT2D eigenvalue weighted by atomic mass is 9.97. The van der Waals surface area contributed by atoms with Crippen molar-refractivity contribution < 1.29 is 19.4 Å². The van der Waals surface area contributed by atoms with Crippen LogP contribution in [-0.4, -0.2) is 29.9 Å². The molecule has 0 aliphatic rings. The molecule has 0 radical (unpaired) electrons. The standard InChI is InChI=1S/C36H28N2O4/c1-41-30-17-19-34(35(22-30)42-2)38-24-28(32-21-25(16-18-33(32)38)20-29(23-37)36(39)40)14-9-15-31(26-10-5-3-6-11-26)27-12-7-4-8-13-27/h3-22,24H,1-2H3,(H,39,40)/b14-9+,29-20+. The molecule has 0 unspecified atom stereocenters. The van der Waals surface area contributed by atoms with Crippen LogP contribution in [0, 0.1) is 11.3 Å². The van der Waals surface area contributed by atoms with Crippen LogP contribution in [0.25, 0.3) is 34.3 Å². The van der Waals surface area contributed by atoms with Crippen molar-refractivity contribution in [1.82, 2.24) is 4.57 Å². The maximum absolute atomic E-state index is 11.5. The minimum atomic E-state index is -1.27. The summed E-state index contributed by atoms with van der Waals surface area (Å²) in [5, 5.41) is 19.5. The molecular weight excluding hydrogens is 524 g/mol. The highest BCUT2D eigenvalue weighted by molar-refractivity contribution is 5.98. The molecule has 6 heteroatoms. The molecule has 1 N–H and O–H groups in total. The third-order valence-electron chi connectivity index (χ3n) is 6.88. The lowest BCUT2D eigenvalue weighted by molar-refractivity contribution is -0.132. The van der Waals surface area contributed by atoms with E-state index in [2.05, 4.69) is 30.3 Å². The van der Waals surface area contributed by atoms with Crippen LogP contribution in [0.4, 0.5) is 0 Å². The largest absolute Gasteiger partial charge is 0.497 e. The number of rotatable bonds is 9. The Kier molecular flexibility index (Phi) is 8.32. The number of allylic oxidation sites excluding steroid dienone is 2. The number of hydrogen-bond acceptors (Lipinski definition) is 4. The number of ether oxygens (including phenoxy) is 2. The SMILES string of the molecule is COc1ccc(-n2cc(/C=C/C=C(c3ccccc3)c3ccccc3)c3cc(/C=C(\C#N)C(=O)O)ccc32)c(OC)c1. The van der Waals surface area contributed by atoms with Gasteiger partial charge in [0.15, 0.2) is 0 Å². The first kappa shape index (κ1) is 27.8. The van der Waals surface area contributed by atoms with E-state index in [1.165, 1.54) is 6.08 Å². The summed E-state index contributed by atoms with van der Waals surface area (Å²) in [4.78, 5) is 11.5. The summed E-state index contributed by atoms with van der Waals surface area (Å²) < 4.78 is 13.1. The average Bonchev–Trinajstić information content (AvgIpc) is 3.39. The normalized spacial score (nSPS) is 11.3. The Morgan fingerprint density at radius 1 is 0.881 bits per heavy atom. The number of fused-ring (bicyclic) bond motifs is 1. The van der Waals surface area contributed by atoms with Crippen molar-refractivity contribution in [2.45, 2.75) is 0 Å². The van der Waals surface area contributed by atoms with Gasteiger partial charge in [0.2, 0.25) is 0 Å². The van der Waals surface area contributed by atoms with E-state index in [1.54, 1.807) is 26.4 Å². The molecule has 0 atom stereocenters. The van der Waals surface area contributed by atoms with Crippen LogP contribution in [0.2, 0.25) is 0 Å². The Bertz CT molecular complexity index is 1830. The lowest BCUT2D eigenvalue weighted by Crippen LogP contribution is -1.98. The van der Waals surface area contributed by atoms with Crippen molar-refractivity contribution in [3.05, 3.63) is 143 Å². The van der Waals surface area contributed by atoms with Crippen LogP contribution in [0.15, 0.2) is 121 Å². The van der Waals surface area contributed by atoms with Gasteiger partial charge < -0.3 is 19.1 Å². The minimum absolute atomic E-state index is 0.332. The van der Waals surface area contributed by atoms with E-state index < -0.39 is 5.97 Å². The topological polar surface area (TPSA) is 84.5 Å². The van der Waals surface area contributed by atoms with Crippen LogP contribution in [-0.2, 0) is 4.79 Å². The number of aromatic nitrogens is 1. The molecule has 0 amide bonds. The Labute approximate surface area is 244 Å². The Hall–Kier alpha value is -5.80. The Morgan fingerprint density at radius 3 is 2.17 bits per heavy atom. The number of nitriles is 1. The summed E-state index contributed by atoms with van der Waals surface area (Å²) in [6.45, 7) is 0. The minimum Gasteiger partial charge on any atom is -0.497 e. The molecule has 0 saturated heterocycles. The van der Waals surface area contributed by atoms with E-state index in [4.69, 9.17) is 9.47 Å². The molecule has 5 rings (SSSR count). The zero-order valence-electron chi connectivity index (χ0n) is 23.2. The molecule has 6 nitrogen and oxygen atoms in total. The Balaban J connectivity index is 1.67. The number of nitrogens with zero attached hydrogens (tertiary/aromatic N) is 2. The zero-order chi connectivity index (χ0) is 29.5. The molecule has 1 heterocycles. The van der Waals surface area contributed by atoms with E-state index in [9.17, 15) is 15.2 Å². The van der Waals surface area contributed by atoms with Gasteiger partial charge in [0, 0.05) is 23.2 Å². The molecule has 206 valence electrons. The van der Waals surface area contributed by atoms with E-state index in [0.29, 0.717) is 17.1 Å². The van der Waals surface area contributed by atoms with Gasteiger partial charge in [-0.3, -0.25) is 0 Å². The van der Waals surface area contributed by atoms with E-state index >= 15 is 0 Å². The van der Waals surface area contributed by atoms with Gasteiger partial charge in [0.05, 0.1) is 25.4 Å². The number of benzene rings is 4. The van der Waals surface area contributed by atoms with Crippen molar-refractivity contribution in [3.63, 3.8) is 0 Å². The molecule has 42 heavy (non-hydrogen) atoms. The summed E-state index contributed by atoms with van der Waals surface area (Å²) in [7, 11) is 3.22. The van der Waals surface area contributed by atoms with Gasteiger partial charge in [-0.15, -0.1) is 0 Å². The second kappa shape index (κ2) is 12.6. The van der Waals surface area contributed by atoms with Gasteiger partial charge in [-0.25, -0.2) is 4.79 Å². The monoisotopic (exact) mass is 552 g/mol. The summed E-state index contributed by atoms with van der Waals surface area (Å²) in [6.07, 6.45) is 9.52. The number of carbonyl (C=O) groups is 1. The third-order valence-corrected chi connectivity index (χ3v) is 6.88. The molecule has 0 bridgehead atoms. The summed E-state index contributed by atoms with van der Waals surface area (Å²) >= 11 is 0. The highest BCUT2D eigenvalue weighted by Crippen LogP contribution is 2.34. The fourth-order valence-electron chi connectivity index (χ4n) is 4.83. The van der Waals surface area contributed by atoms with Crippen LogP contribution in [0.5, 0.6) is 11.5 Å². The second-order valence-corrected chi connectivity index (χ2v) is 9.42. The highest BCUT2D eigenvalue weighted by atomic mass is 16.5. The highest BCUT2D eigenvalue weighted by Gasteiger charge is 2.14. The van der Waals surface area contributed by atoms with Crippen molar-refractivity contribution in [2.24, 2.45) is 0 Å². The summed E-state index contributed by atoms with van der Waals surface area (Å²) in [6, 6.07) is 33.4. The molecule has 1 aromatic heterocycles. The summed E-state index contributed by atoms with van der Waals surface area (Å²) in [5.41, 5.74) is 6.17. The van der Waals surface area contributed by atoms with Gasteiger partial charge in [-0.05, 0) is 52.6 Å². The van der Waals surface area contributed by atoms with E-state index in [0.717, 1.165) is 38.9 Å².